The van der Waals surface area contributed by atoms with Crippen molar-refractivity contribution in [1.29, 1.82) is 0 Å². The molecule has 31 heavy (non-hydrogen) atoms. The molecule has 2 aromatic carbocycles. The number of carbonyl (C=O) groups is 1. The van der Waals surface area contributed by atoms with Crippen molar-refractivity contribution in [2.75, 3.05) is 6.54 Å². The molecule has 10 heteroatoms. The van der Waals surface area contributed by atoms with Crippen LogP contribution in [0.5, 0.6) is 5.75 Å². The van der Waals surface area contributed by atoms with Gasteiger partial charge in [0.15, 0.2) is 11.4 Å². The first-order valence-electron chi connectivity index (χ1n) is 9.48. The Morgan fingerprint density at radius 2 is 1.87 bits per heavy atom. The number of amides is 1. The first kappa shape index (κ1) is 22.3. The van der Waals surface area contributed by atoms with E-state index in [2.05, 4.69) is 15.6 Å². The molecule has 0 unspecified atom stereocenters. The van der Waals surface area contributed by atoms with Crippen molar-refractivity contribution in [3.8, 4) is 11.4 Å². The molecule has 0 aliphatic carbocycles. The summed E-state index contributed by atoms with van der Waals surface area (Å²) < 4.78 is 60.2. The average molecular weight is 436 g/mol. The smallest absolute Gasteiger partial charge is 0.435 e. The van der Waals surface area contributed by atoms with Crippen LogP contribution in [0, 0.1) is 5.82 Å². The van der Waals surface area contributed by atoms with E-state index in [1.807, 2.05) is 26.0 Å². The topological polar surface area (TPSA) is 69.0 Å². The van der Waals surface area contributed by atoms with Gasteiger partial charge in [0, 0.05) is 6.54 Å². The molecule has 6 nitrogen and oxygen atoms in total. The highest BCUT2D eigenvalue weighted by Crippen LogP contribution is 2.32. The molecule has 0 aliphatic rings. The predicted octanol–water partition coefficient (Wildman–Crippen LogP) is 4.18. The van der Waals surface area contributed by atoms with Gasteiger partial charge in [0.05, 0.1) is 11.8 Å². The Kier molecular flexibility index (Phi) is 6.57. The molecule has 0 fully saturated rings. The summed E-state index contributed by atoms with van der Waals surface area (Å²) in [5, 5.41) is 9.24. The number of nitrogens with one attached hydrogen (secondary N) is 1. The highest BCUT2D eigenvalue weighted by atomic mass is 19.4. The number of rotatable bonds is 7. The molecule has 0 saturated carbocycles. The molecule has 1 amide bonds. The second-order valence-corrected chi connectivity index (χ2v) is 6.99. The number of aromatic nitrogens is 3. The molecular formula is C21H20F4N4O2. The summed E-state index contributed by atoms with van der Waals surface area (Å²) in [6, 6.07) is 11.6. The number of halogens is 4. The number of hydrogen-bond donors (Lipinski definition) is 1. The van der Waals surface area contributed by atoms with E-state index in [4.69, 9.17) is 4.74 Å². The number of carbonyl (C=O) groups excluding carboxylic acids is 1. The Labute approximate surface area is 175 Å². The molecule has 3 rings (SSSR count). The van der Waals surface area contributed by atoms with Crippen LogP contribution in [0.4, 0.5) is 17.6 Å². The van der Waals surface area contributed by atoms with Gasteiger partial charge in [0.25, 0.3) is 5.91 Å². The number of alkyl halides is 3. The minimum absolute atomic E-state index is 0.0359. The maximum absolute atomic E-state index is 13.6. The fourth-order valence-electron chi connectivity index (χ4n) is 2.89. The Balaban J connectivity index is 1.72. The van der Waals surface area contributed by atoms with Gasteiger partial charge >= 0.3 is 6.18 Å². The fraction of sp³-hybridized carbons (Fsp3) is 0.286. The molecule has 3 aromatic rings. The molecule has 0 aliphatic heterocycles. The van der Waals surface area contributed by atoms with E-state index in [0.717, 1.165) is 17.7 Å². The van der Waals surface area contributed by atoms with Gasteiger partial charge in [-0.05, 0) is 56.2 Å². The zero-order chi connectivity index (χ0) is 22.6. The highest BCUT2D eigenvalue weighted by molar-refractivity contribution is 5.93. The van der Waals surface area contributed by atoms with Gasteiger partial charge in [-0.2, -0.15) is 13.2 Å². The molecule has 1 heterocycles. The lowest BCUT2D eigenvalue weighted by Gasteiger charge is -2.12. The maximum atomic E-state index is 13.6. The van der Waals surface area contributed by atoms with Crippen molar-refractivity contribution in [3.05, 3.63) is 71.3 Å². The average Bonchev–Trinajstić information content (AvgIpc) is 3.15. The van der Waals surface area contributed by atoms with Crippen molar-refractivity contribution >= 4 is 5.91 Å². The number of nitrogens with zero attached hydrogens (tertiary/aromatic N) is 3. The molecule has 164 valence electrons. The van der Waals surface area contributed by atoms with E-state index in [0.29, 0.717) is 16.9 Å². The third-order valence-corrected chi connectivity index (χ3v) is 4.20. The minimum Gasteiger partial charge on any atom is -0.491 e. The fourth-order valence-corrected chi connectivity index (χ4v) is 2.89. The maximum Gasteiger partial charge on any atom is 0.435 e. The molecule has 1 N–H and O–H groups in total. The number of hydrogen-bond acceptors (Lipinski definition) is 4. The van der Waals surface area contributed by atoms with Gasteiger partial charge in [-0.15, -0.1) is 5.10 Å². The first-order chi connectivity index (χ1) is 14.6. The van der Waals surface area contributed by atoms with Crippen molar-refractivity contribution in [1.82, 2.24) is 20.3 Å². The minimum atomic E-state index is -4.92. The molecule has 0 atom stereocenters. The van der Waals surface area contributed by atoms with E-state index in [1.165, 1.54) is 12.1 Å². The molecule has 0 saturated heterocycles. The van der Waals surface area contributed by atoms with E-state index < -0.39 is 29.3 Å². The summed E-state index contributed by atoms with van der Waals surface area (Å²) in [4.78, 5) is 12.4. The highest BCUT2D eigenvalue weighted by Gasteiger charge is 2.42. The Morgan fingerprint density at radius 1 is 1.16 bits per heavy atom. The largest absolute Gasteiger partial charge is 0.491 e. The van der Waals surface area contributed by atoms with Crippen LogP contribution in [-0.2, 0) is 12.6 Å². The molecule has 0 spiro atoms. The van der Waals surface area contributed by atoms with Crippen molar-refractivity contribution in [2.45, 2.75) is 32.5 Å². The van der Waals surface area contributed by atoms with Gasteiger partial charge in [0.2, 0.25) is 0 Å². The first-order valence-corrected chi connectivity index (χ1v) is 9.48. The van der Waals surface area contributed by atoms with Crippen LogP contribution in [0.15, 0.2) is 48.5 Å². The molecular weight excluding hydrogens is 416 g/mol. The van der Waals surface area contributed by atoms with Crippen LogP contribution < -0.4 is 10.1 Å². The van der Waals surface area contributed by atoms with Crippen LogP contribution >= 0.6 is 0 Å². The lowest BCUT2D eigenvalue weighted by molar-refractivity contribution is -0.143. The Bertz CT molecular complexity index is 1050. The van der Waals surface area contributed by atoms with Crippen LogP contribution in [0.25, 0.3) is 5.69 Å². The van der Waals surface area contributed by atoms with Gasteiger partial charge in [-0.25, -0.2) is 9.07 Å². The summed E-state index contributed by atoms with van der Waals surface area (Å²) in [6.45, 7) is 3.90. The van der Waals surface area contributed by atoms with Crippen LogP contribution in [0.1, 0.15) is 35.6 Å². The summed E-state index contributed by atoms with van der Waals surface area (Å²) in [6.07, 6.45) is -4.49. The number of benzene rings is 2. The summed E-state index contributed by atoms with van der Waals surface area (Å²) in [7, 11) is 0. The molecule has 0 radical (unpaired) electrons. The lowest BCUT2D eigenvalue weighted by Crippen LogP contribution is -2.29. The third-order valence-electron chi connectivity index (χ3n) is 4.20. The van der Waals surface area contributed by atoms with Crippen molar-refractivity contribution in [2.24, 2.45) is 0 Å². The zero-order valence-electron chi connectivity index (χ0n) is 16.8. The normalized spacial score (nSPS) is 11.6. The van der Waals surface area contributed by atoms with Crippen LogP contribution in [0.3, 0.4) is 0 Å². The zero-order valence-corrected chi connectivity index (χ0v) is 16.8. The second-order valence-electron chi connectivity index (χ2n) is 6.99. The van der Waals surface area contributed by atoms with Crippen LogP contribution in [-0.4, -0.2) is 33.5 Å². The quantitative estimate of drug-likeness (QED) is 0.564. The summed E-state index contributed by atoms with van der Waals surface area (Å²) >= 11 is 0. The van der Waals surface area contributed by atoms with E-state index >= 15 is 0 Å². The summed E-state index contributed by atoms with van der Waals surface area (Å²) in [5.74, 6) is -1.06. The summed E-state index contributed by atoms with van der Waals surface area (Å²) in [5.41, 5.74) is -1.57. The second kappa shape index (κ2) is 9.15. The van der Waals surface area contributed by atoms with Gasteiger partial charge in [-0.3, -0.25) is 4.79 Å². The third kappa shape index (κ3) is 5.59. The van der Waals surface area contributed by atoms with Crippen molar-refractivity contribution < 1.29 is 27.1 Å². The van der Waals surface area contributed by atoms with Gasteiger partial charge in [0.1, 0.15) is 11.6 Å². The SMILES string of the molecule is CC(C)Oc1ccc(CCNC(=O)c2nnn(-c3cccc(F)c3)c2C(F)(F)F)cc1. The van der Waals surface area contributed by atoms with E-state index in [9.17, 15) is 22.4 Å². The Morgan fingerprint density at radius 3 is 2.48 bits per heavy atom. The van der Waals surface area contributed by atoms with Crippen LogP contribution in [0.2, 0.25) is 0 Å². The van der Waals surface area contributed by atoms with E-state index in [-0.39, 0.29) is 18.3 Å². The lowest BCUT2D eigenvalue weighted by atomic mass is 10.1. The predicted molar refractivity (Wildman–Crippen MR) is 105 cm³/mol. The van der Waals surface area contributed by atoms with E-state index in [1.54, 1.807) is 12.1 Å². The Hall–Kier alpha value is -3.43. The van der Waals surface area contributed by atoms with Gasteiger partial charge in [-0.1, -0.05) is 23.4 Å². The molecule has 1 aromatic heterocycles. The standard InChI is InChI=1S/C21H20F4N4O2/c1-13(2)31-17-8-6-14(7-9-17)10-11-26-20(30)18-19(21(23,24)25)29(28-27-18)16-5-3-4-15(22)12-16/h3-9,12-13H,10-11H2,1-2H3,(H,26,30). The number of ether oxygens (including phenoxy) is 1. The van der Waals surface area contributed by atoms with Gasteiger partial charge < -0.3 is 10.1 Å². The van der Waals surface area contributed by atoms with Crippen molar-refractivity contribution in [3.63, 3.8) is 0 Å². The monoisotopic (exact) mass is 436 g/mol. The molecule has 0 bridgehead atoms.